The molecule has 100 valence electrons. The Balaban J connectivity index is 2.36. The van der Waals surface area contributed by atoms with Crippen molar-refractivity contribution in [3.8, 4) is 11.5 Å². The second-order valence-corrected chi connectivity index (χ2v) is 4.19. The molecular weight excluding hydrogens is 242 g/mol. The van der Waals surface area contributed by atoms with E-state index in [2.05, 4.69) is 0 Å². The number of nitrogen functional groups attached to an aromatic ring is 1. The standard InChI is InChI=1S/C15H17NO3/c1-18-13-7-6-11(9-14(13)19-2)15(17)10-4-3-5-12(16)8-10/h3-9,15,17H,16H2,1-2H3/t15-/m0/s1. The maximum atomic E-state index is 10.3. The minimum atomic E-state index is -0.747. The monoisotopic (exact) mass is 259 g/mol. The van der Waals surface area contributed by atoms with Gasteiger partial charge in [-0.05, 0) is 35.4 Å². The molecule has 0 aliphatic rings. The smallest absolute Gasteiger partial charge is 0.161 e. The van der Waals surface area contributed by atoms with Crippen molar-refractivity contribution >= 4 is 5.69 Å². The predicted molar refractivity (Wildman–Crippen MR) is 74.5 cm³/mol. The second kappa shape index (κ2) is 5.63. The van der Waals surface area contributed by atoms with Gasteiger partial charge in [0.05, 0.1) is 14.2 Å². The number of aliphatic hydroxyl groups excluding tert-OH is 1. The molecule has 0 fully saturated rings. The van der Waals surface area contributed by atoms with Crippen LogP contribution in [-0.4, -0.2) is 19.3 Å². The van der Waals surface area contributed by atoms with E-state index in [9.17, 15) is 5.11 Å². The quantitative estimate of drug-likeness (QED) is 0.827. The lowest BCUT2D eigenvalue weighted by Gasteiger charge is -2.15. The maximum Gasteiger partial charge on any atom is 0.161 e. The van der Waals surface area contributed by atoms with Crippen molar-refractivity contribution in [1.29, 1.82) is 0 Å². The Morgan fingerprint density at radius 1 is 0.947 bits per heavy atom. The summed E-state index contributed by atoms with van der Waals surface area (Å²) in [7, 11) is 3.14. The largest absolute Gasteiger partial charge is 0.493 e. The van der Waals surface area contributed by atoms with Crippen molar-refractivity contribution in [2.45, 2.75) is 6.10 Å². The minimum absolute atomic E-state index is 0.586. The van der Waals surface area contributed by atoms with Crippen LogP contribution in [-0.2, 0) is 0 Å². The number of aliphatic hydroxyl groups is 1. The number of benzene rings is 2. The Labute approximate surface area is 112 Å². The SMILES string of the molecule is COc1ccc([C@@H](O)c2cccc(N)c2)cc1OC. The zero-order valence-corrected chi connectivity index (χ0v) is 11.0. The van der Waals surface area contributed by atoms with Crippen LogP contribution in [0.25, 0.3) is 0 Å². The van der Waals surface area contributed by atoms with Gasteiger partial charge in [0.15, 0.2) is 11.5 Å². The summed E-state index contributed by atoms with van der Waals surface area (Å²) in [5.41, 5.74) is 7.81. The molecule has 0 spiro atoms. The first-order valence-corrected chi connectivity index (χ1v) is 5.91. The summed E-state index contributed by atoms with van der Waals surface area (Å²) in [5, 5.41) is 10.3. The average Bonchev–Trinajstić information content (AvgIpc) is 2.45. The van der Waals surface area contributed by atoms with Crippen molar-refractivity contribution in [2.24, 2.45) is 0 Å². The molecule has 0 saturated heterocycles. The Morgan fingerprint density at radius 3 is 2.26 bits per heavy atom. The molecule has 4 nitrogen and oxygen atoms in total. The van der Waals surface area contributed by atoms with Gasteiger partial charge in [-0.3, -0.25) is 0 Å². The lowest BCUT2D eigenvalue weighted by molar-refractivity contribution is 0.219. The number of ether oxygens (including phenoxy) is 2. The molecule has 3 N–H and O–H groups in total. The molecule has 0 bridgehead atoms. The Hall–Kier alpha value is -2.20. The van der Waals surface area contributed by atoms with Gasteiger partial charge in [-0.25, -0.2) is 0 Å². The first-order chi connectivity index (χ1) is 9.15. The number of nitrogens with two attached hydrogens (primary N) is 1. The van der Waals surface area contributed by atoms with E-state index < -0.39 is 6.10 Å². The molecule has 0 unspecified atom stereocenters. The molecule has 2 aromatic rings. The Morgan fingerprint density at radius 2 is 1.63 bits per heavy atom. The van der Waals surface area contributed by atoms with Crippen LogP contribution in [0.5, 0.6) is 11.5 Å². The molecule has 0 heterocycles. The summed E-state index contributed by atoms with van der Waals surface area (Å²) in [6.45, 7) is 0. The zero-order chi connectivity index (χ0) is 13.8. The molecule has 1 atom stereocenters. The number of methoxy groups -OCH3 is 2. The van der Waals surface area contributed by atoms with Crippen LogP contribution >= 0.6 is 0 Å². The van der Waals surface area contributed by atoms with Crippen molar-refractivity contribution in [2.75, 3.05) is 20.0 Å². The third-order valence-electron chi connectivity index (χ3n) is 2.95. The van der Waals surface area contributed by atoms with Crippen molar-refractivity contribution in [3.63, 3.8) is 0 Å². The van der Waals surface area contributed by atoms with Gasteiger partial charge in [-0.15, -0.1) is 0 Å². The summed E-state index contributed by atoms with van der Waals surface area (Å²) in [5.74, 6) is 1.22. The third kappa shape index (κ3) is 2.80. The molecule has 0 radical (unpaired) electrons. The van der Waals surface area contributed by atoms with Crippen LogP contribution in [0.15, 0.2) is 42.5 Å². The molecule has 0 amide bonds. The minimum Gasteiger partial charge on any atom is -0.493 e. The Kier molecular flexibility index (Phi) is 3.92. The molecule has 2 rings (SSSR count). The average molecular weight is 259 g/mol. The van der Waals surface area contributed by atoms with Crippen LogP contribution in [0, 0.1) is 0 Å². The summed E-state index contributed by atoms with van der Waals surface area (Å²) >= 11 is 0. The third-order valence-corrected chi connectivity index (χ3v) is 2.95. The van der Waals surface area contributed by atoms with E-state index in [-0.39, 0.29) is 0 Å². The fourth-order valence-electron chi connectivity index (χ4n) is 1.94. The van der Waals surface area contributed by atoms with Crippen LogP contribution in [0.1, 0.15) is 17.2 Å². The van der Waals surface area contributed by atoms with Gasteiger partial charge >= 0.3 is 0 Å². The highest BCUT2D eigenvalue weighted by atomic mass is 16.5. The topological polar surface area (TPSA) is 64.7 Å². The lowest BCUT2D eigenvalue weighted by Crippen LogP contribution is -2.01. The molecular formula is C15H17NO3. The van der Waals surface area contributed by atoms with Gasteiger partial charge in [-0.2, -0.15) is 0 Å². The zero-order valence-electron chi connectivity index (χ0n) is 11.0. The molecule has 0 aromatic heterocycles. The van der Waals surface area contributed by atoms with E-state index in [0.717, 1.165) is 11.1 Å². The lowest BCUT2D eigenvalue weighted by atomic mass is 10.0. The van der Waals surface area contributed by atoms with Crippen LogP contribution in [0.4, 0.5) is 5.69 Å². The number of hydrogen-bond acceptors (Lipinski definition) is 4. The van der Waals surface area contributed by atoms with E-state index in [0.29, 0.717) is 17.2 Å². The molecule has 0 saturated carbocycles. The maximum absolute atomic E-state index is 10.3. The number of anilines is 1. The van der Waals surface area contributed by atoms with Crippen molar-refractivity contribution in [1.82, 2.24) is 0 Å². The van der Waals surface area contributed by atoms with Gasteiger partial charge < -0.3 is 20.3 Å². The summed E-state index contributed by atoms with van der Waals surface area (Å²) in [6, 6.07) is 12.5. The molecule has 0 aliphatic heterocycles. The predicted octanol–water partition coefficient (Wildman–Crippen LogP) is 2.37. The number of hydrogen-bond donors (Lipinski definition) is 2. The first-order valence-electron chi connectivity index (χ1n) is 5.91. The first kappa shape index (κ1) is 13.2. The molecule has 4 heteroatoms. The normalized spacial score (nSPS) is 11.9. The molecule has 19 heavy (non-hydrogen) atoms. The summed E-state index contributed by atoms with van der Waals surface area (Å²) in [6.07, 6.45) is -0.747. The highest BCUT2D eigenvalue weighted by Gasteiger charge is 2.13. The highest BCUT2D eigenvalue weighted by Crippen LogP contribution is 2.32. The van der Waals surface area contributed by atoms with Crippen LogP contribution in [0.2, 0.25) is 0 Å². The highest BCUT2D eigenvalue weighted by molar-refractivity contribution is 5.47. The van der Waals surface area contributed by atoms with E-state index in [1.54, 1.807) is 44.6 Å². The molecule has 2 aromatic carbocycles. The Bertz CT molecular complexity index is 569. The van der Waals surface area contributed by atoms with Crippen LogP contribution in [0.3, 0.4) is 0 Å². The van der Waals surface area contributed by atoms with Crippen LogP contribution < -0.4 is 15.2 Å². The van der Waals surface area contributed by atoms with Gasteiger partial charge in [0.25, 0.3) is 0 Å². The molecule has 0 aliphatic carbocycles. The number of rotatable bonds is 4. The fourth-order valence-corrected chi connectivity index (χ4v) is 1.94. The van der Waals surface area contributed by atoms with Gasteiger partial charge in [0.1, 0.15) is 6.10 Å². The van der Waals surface area contributed by atoms with E-state index in [1.807, 2.05) is 12.1 Å². The van der Waals surface area contributed by atoms with Gasteiger partial charge in [0.2, 0.25) is 0 Å². The second-order valence-electron chi connectivity index (χ2n) is 4.19. The van der Waals surface area contributed by atoms with Gasteiger partial charge in [0, 0.05) is 5.69 Å². The van der Waals surface area contributed by atoms with E-state index in [4.69, 9.17) is 15.2 Å². The summed E-state index contributed by atoms with van der Waals surface area (Å²) in [4.78, 5) is 0. The van der Waals surface area contributed by atoms with Crippen molar-refractivity contribution in [3.05, 3.63) is 53.6 Å². The van der Waals surface area contributed by atoms with E-state index >= 15 is 0 Å². The van der Waals surface area contributed by atoms with Gasteiger partial charge in [-0.1, -0.05) is 18.2 Å². The van der Waals surface area contributed by atoms with E-state index in [1.165, 1.54) is 0 Å². The summed E-state index contributed by atoms with van der Waals surface area (Å²) < 4.78 is 10.4. The fraction of sp³-hybridized carbons (Fsp3) is 0.200. The van der Waals surface area contributed by atoms with Crippen molar-refractivity contribution < 1.29 is 14.6 Å².